The number of hydrogen-bond donors (Lipinski definition) is 2. The number of nitrogens with one attached hydrogen (secondary N) is 2. The molecule has 1 aliphatic rings. The molecule has 1 atom stereocenters. The number of guanidine groups is 1. The number of likely N-dealkylation sites (tertiary alicyclic amines) is 1. The van der Waals surface area contributed by atoms with Crippen LogP contribution in [0.4, 0.5) is 0 Å². The lowest BCUT2D eigenvalue weighted by molar-refractivity contribution is -0.129. The first-order valence-electron chi connectivity index (χ1n) is 8.61. The van der Waals surface area contributed by atoms with Crippen molar-refractivity contribution in [3.63, 3.8) is 0 Å². The quantitative estimate of drug-likeness (QED) is 0.249. The molecule has 0 saturated carbocycles. The largest absolute Gasteiger partial charge is 0.380 e. The second-order valence-electron chi connectivity index (χ2n) is 5.55. The minimum atomic E-state index is 0. The van der Waals surface area contributed by atoms with Crippen molar-refractivity contribution in [1.29, 1.82) is 0 Å². The van der Waals surface area contributed by atoms with Crippen LogP contribution < -0.4 is 10.6 Å². The van der Waals surface area contributed by atoms with E-state index in [1.54, 1.807) is 0 Å². The van der Waals surface area contributed by atoms with Gasteiger partial charge in [0.2, 0.25) is 5.91 Å². The van der Waals surface area contributed by atoms with Crippen molar-refractivity contribution in [1.82, 2.24) is 15.5 Å². The number of unbranched alkanes of at least 4 members (excludes halogenated alkanes) is 1. The Morgan fingerprint density at radius 3 is 2.74 bits per heavy atom. The molecule has 0 aliphatic carbocycles. The highest BCUT2D eigenvalue weighted by molar-refractivity contribution is 14.0. The van der Waals surface area contributed by atoms with Crippen molar-refractivity contribution in [2.75, 3.05) is 39.4 Å². The standard InChI is InChI=1S/C16H32N4O2.HI/c1-4-7-11-22-12-9-18-16(17-6-3)19-14-8-10-20(13-14)15(21)5-2;/h14H,4-13H2,1-3H3,(H2,17,18,19);1H. The summed E-state index contributed by atoms with van der Waals surface area (Å²) >= 11 is 0. The first kappa shape index (κ1) is 22.4. The average molecular weight is 440 g/mol. The van der Waals surface area contributed by atoms with Crippen molar-refractivity contribution < 1.29 is 9.53 Å². The lowest BCUT2D eigenvalue weighted by Crippen LogP contribution is -2.45. The van der Waals surface area contributed by atoms with E-state index in [0.29, 0.717) is 19.6 Å². The molecule has 0 radical (unpaired) electrons. The third-order valence-electron chi connectivity index (χ3n) is 3.68. The van der Waals surface area contributed by atoms with Gasteiger partial charge >= 0.3 is 0 Å². The highest BCUT2D eigenvalue weighted by Crippen LogP contribution is 2.10. The molecule has 23 heavy (non-hydrogen) atoms. The fourth-order valence-corrected chi connectivity index (χ4v) is 2.41. The van der Waals surface area contributed by atoms with Crippen LogP contribution in [0.25, 0.3) is 0 Å². The molecule has 6 nitrogen and oxygen atoms in total. The molecule has 0 aromatic carbocycles. The molecule has 136 valence electrons. The lowest BCUT2D eigenvalue weighted by atomic mass is 10.3. The molecular formula is C16H33IN4O2. The number of carbonyl (C=O) groups is 1. The third-order valence-corrected chi connectivity index (χ3v) is 3.68. The van der Waals surface area contributed by atoms with E-state index in [0.717, 1.165) is 51.5 Å². The van der Waals surface area contributed by atoms with Crippen LogP contribution in [-0.4, -0.2) is 62.2 Å². The molecule has 1 amide bonds. The second kappa shape index (κ2) is 13.8. The Morgan fingerprint density at radius 1 is 1.30 bits per heavy atom. The van der Waals surface area contributed by atoms with Gasteiger partial charge in [0, 0.05) is 38.7 Å². The predicted molar refractivity (Wildman–Crippen MR) is 106 cm³/mol. The second-order valence-corrected chi connectivity index (χ2v) is 5.55. The molecule has 1 unspecified atom stereocenters. The number of nitrogens with zero attached hydrogens (tertiary/aromatic N) is 2. The molecule has 1 aliphatic heterocycles. The zero-order chi connectivity index (χ0) is 16.2. The molecule has 0 aromatic rings. The van der Waals surface area contributed by atoms with Gasteiger partial charge in [-0.15, -0.1) is 24.0 Å². The van der Waals surface area contributed by atoms with Crippen LogP contribution in [0.5, 0.6) is 0 Å². The number of ether oxygens (including phenoxy) is 1. The van der Waals surface area contributed by atoms with Gasteiger partial charge in [-0.3, -0.25) is 9.79 Å². The molecule has 1 fully saturated rings. The van der Waals surface area contributed by atoms with E-state index in [1.807, 2.05) is 11.8 Å². The monoisotopic (exact) mass is 440 g/mol. The molecule has 1 rings (SSSR count). The average Bonchev–Trinajstić information content (AvgIpc) is 2.98. The summed E-state index contributed by atoms with van der Waals surface area (Å²) in [7, 11) is 0. The number of aliphatic imine (C=N–C) groups is 1. The number of carbonyl (C=O) groups excluding carboxylic acids is 1. The van der Waals surface area contributed by atoms with Crippen molar-refractivity contribution in [2.24, 2.45) is 4.99 Å². The molecular weight excluding hydrogens is 407 g/mol. The van der Waals surface area contributed by atoms with Crippen molar-refractivity contribution in [3.8, 4) is 0 Å². The fourth-order valence-electron chi connectivity index (χ4n) is 2.41. The van der Waals surface area contributed by atoms with E-state index in [-0.39, 0.29) is 35.9 Å². The minimum Gasteiger partial charge on any atom is -0.380 e. The summed E-state index contributed by atoms with van der Waals surface area (Å²) in [5.41, 5.74) is 0. The summed E-state index contributed by atoms with van der Waals surface area (Å²) in [5, 5.41) is 6.67. The summed E-state index contributed by atoms with van der Waals surface area (Å²) in [6.07, 6.45) is 3.81. The van der Waals surface area contributed by atoms with Crippen molar-refractivity contribution in [2.45, 2.75) is 52.5 Å². The van der Waals surface area contributed by atoms with E-state index in [1.165, 1.54) is 0 Å². The lowest BCUT2D eigenvalue weighted by Gasteiger charge is -2.18. The SMILES string of the molecule is CCCCOCCN=C(NCC)NC1CCN(C(=O)CC)C1.I. The molecule has 0 bridgehead atoms. The maximum absolute atomic E-state index is 11.7. The minimum absolute atomic E-state index is 0. The molecule has 2 N–H and O–H groups in total. The van der Waals surface area contributed by atoms with Crippen LogP contribution in [-0.2, 0) is 9.53 Å². The maximum Gasteiger partial charge on any atom is 0.222 e. The highest BCUT2D eigenvalue weighted by Gasteiger charge is 2.25. The van der Waals surface area contributed by atoms with Gasteiger partial charge < -0.3 is 20.3 Å². The third kappa shape index (κ3) is 9.34. The fraction of sp³-hybridized carbons (Fsp3) is 0.875. The Morgan fingerprint density at radius 2 is 2.09 bits per heavy atom. The first-order chi connectivity index (χ1) is 10.7. The summed E-state index contributed by atoms with van der Waals surface area (Å²) in [4.78, 5) is 18.2. The van der Waals surface area contributed by atoms with E-state index < -0.39 is 0 Å². The van der Waals surface area contributed by atoms with Gasteiger partial charge in [0.25, 0.3) is 0 Å². The predicted octanol–water partition coefficient (Wildman–Crippen LogP) is 1.99. The Kier molecular flexibility index (Phi) is 13.5. The first-order valence-corrected chi connectivity index (χ1v) is 8.61. The van der Waals surface area contributed by atoms with Crippen LogP contribution in [0.1, 0.15) is 46.5 Å². The van der Waals surface area contributed by atoms with Crippen LogP contribution in [0.2, 0.25) is 0 Å². The number of amides is 1. The molecule has 0 spiro atoms. The molecule has 1 saturated heterocycles. The Bertz CT molecular complexity index is 353. The molecule has 1 heterocycles. The van der Waals surface area contributed by atoms with E-state index in [2.05, 4.69) is 29.5 Å². The van der Waals surface area contributed by atoms with Crippen molar-refractivity contribution in [3.05, 3.63) is 0 Å². The van der Waals surface area contributed by atoms with Gasteiger partial charge in [0.05, 0.1) is 13.2 Å². The summed E-state index contributed by atoms with van der Waals surface area (Å²) < 4.78 is 5.52. The van der Waals surface area contributed by atoms with Gasteiger partial charge in [0.1, 0.15) is 0 Å². The zero-order valence-electron chi connectivity index (χ0n) is 14.8. The zero-order valence-corrected chi connectivity index (χ0v) is 17.1. The van der Waals surface area contributed by atoms with Crippen LogP contribution >= 0.6 is 24.0 Å². The van der Waals surface area contributed by atoms with Crippen LogP contribution in [0.3, 0.4) is 0 Å². The number of rotatable bonds is 9. The van der Waals surface area contributed by atoms with E-state index in [4.69, 9.17) is 4.74 Å². The van der Waals surface area contributed by atoms with Gasteiger partial charge in [-0.2, -0.15) is 0 Å². The maximum atomic E-state index is 11.7. The van der Waals surface area contributed by atoms with Crippen LogP contribution in [0, 0.1) is 0 Å². The topological polar surface area (TPSA) is 66.0 Å². The Balaban J connectivity index is 0.00000484. The van der Waals surface area contributed by atoms with E-state index in [9.17, 15) is 4.79 Å². The van der Waals surface area contributed by atoms with E-state index >= 15 is 0 Å². The Hall–Kier alpha value is -0.570. The van der Waals surface area contributed by atoms with Crippen molar-refractivity contribution >= 4 is 35.8 Å². The number of hydrogen-bond acceptors (Lipinski definition) is 3. The normalized spacial score (nSPS) is 17.8. The Labute approximate surface area is 157 Å². The van der Waals surface area contributed by atoms with Gasteiger partial charge in [-0.25, -0.2) is 0 Å². The van der Waals surface area contributed by atoms with Gasteiger partial charge in [-0.05, 0) is 19.8 Å². The smallest absolute Gasteiger partial charge is 0.222 e. The summed E-state index contributed by atoms with van der Waals surface area (Å²) in [6.45, 7) is 10.7. The van der Waals surface area contributed by atoms with Crippen LogP contribution in [0.15, 0.2) is 4.99 Å². The molecule has 7 heteroatoms. The highest BCUT2D eigenvalue weighted by atomic mass is 127. The van der Waals surface area contributed by atoms with Gasteiger partial charge in [-0.1, -0.05) is 20.3 Å². The van der Waals surface area contributed by atoms with Gasteiger partial charge in [0.15, 0.2) is 5.96 Å². The summed E-state index contributed by atoms with van der Waals surface area (Å²) in [5.74, 6) is 1.05. The number of halogens is 1. The molecule has 0 aromatic heterocycles. The summed E-state index contributed by atoms with van der Waals surface area (Å²) in [6, 6.07) is 0.286.